The minimum Gasteiger partial charge on any atom is -0.371 e. The van der Waals surface area contributed by atoms with Crippen molar-refractivity contribution < 1.29 is 9.59 Å². The topological polar surface area (TPSA) is 52.7 Å². The van der Waals surface area contributed by atoms with Gasteiger partial charge in [0.1, 0.15) is 5.57 Å². The lowest BCUT2D eigenvalue weighted by Gasteiger charge is -2.29. The van der Waals surface area contributed by atoms with Gasteiger partial charge in [0.05, 0.1) is 5.69 Å². The highest BCUT2D eigenvalue weighted by atomic mass is 35.5. The smallest absolute Gasteiger partial charge is 0.270 e. The number of halogens is 1. The highest BCUT2D eigenvalue weighted by Gasteiger charge is 2.34. The van der Waals surface area contributed by atoms with Crippen molar-refractivity contribution in [2.45, 2.75) is 19.8 Å². The number of carbonyl (C=O) groups excluding carboxylic acids is 2. The Bertz CT molecular complexity index is 1340. The molecule has 0 atom stereocenters. The van der Waals surface area contributed by atoms with Crippen LogP contribution in [0.1, 0.15) is 24.0 Å². The van der Waals surface area contributed by atoms with E-state index in [0.29, 0.717) is 10.7 Å². The fourth-order valence-electron chi connectivity index (χ4n) is 4.43. The maximum Gasteiger partial charge on any atom is 0.270 e. The van der Waals surface area contributed by atoms with Gasteiger partial charge in [-0.05, 0) is 72.8 Å². The molecule has 2 amide bonds. The average molecular weight is 476 g/mol. The molecule has 166 valence electrons. The van der Waals surface area contributed by atoms with Gasteiger partial charge in [0.25, 0.3) is 11.8 Å². The lowest BCUT2D eigenvalue weighted by molar-refractivity contribution is -0.122. The monoisotopic (exact) mass is 475 g/mol. The third-order valence-electron chi connectivity index (χ3n) is 6.20. The number of rotatable bonds is 3. The fourth-order valence-corrected chi connectivity index (χ4v) is 4.89. The van der Waals surface area contributed by atoms with Crippen LogP contribution in [-0.4, -0.2) is 30.0 Å². The number of thiocarbonyl (C=S) groups is 1. The first-order chi connectivity index (χ1) is 15.9. The van der Waals surface area contributed by atoms with Crippen molar-refractivity contribution in [1.29, 1.82) is 0 Å². The van der Waals surface area contributed by atoms with Gasteiger partial charge in [-0.15, -0.1) is 0 Å². The molecule has 3 aromatic carbocycles. The van der Waals surface area contributed by atoms with Gasteiger partial charge in [0.2, 0.25) is 0 Å². The van der Waals surface area contributed by atoms with Crippen molar-refractivity contribution in [2.75, 3.05) is 22.9 Å². The van der Waals surface area contributed by atoms with E-state index < -0.39 is 11.8 Å². The Hall–Kier alpha value is -3.22. The van der Waals surface area contributed by atoms with Gasteiger partial charge in [0.15, 0.2) is 5.11 Å². The molecule has 1 N–H and O–H groups in total. The molecule has 0 aromatic heterocycles. The molecule has 0 unspecified atom stereocenters. The summed E-state index contributed by atoms with van der Waals surface area (Å²) in [6.45, 7) is 3.96. The number of amides is 2. The van der Waals surface area contributed by atoms with E-state index in [1.807, 2.05) is 37.3 Å². The minimum atomic E-state index is -0.507. The molecule has 0 aliphatic carbocycles. The Balaban J connectivity index is 1.58. The number of nitrogens with one attached hydrogen (secondary N) is 1. The van der Waals surface area contributed by atoms with Crippen LogP contribution in [0.15, 0.2) is 60.2 Å². The van der Waals surface area contributed by atoms with Crippen molar-refractivity contribution >= 4 is 69.0 Å². The van der Waals surface area contributed by atoms with Crippen molar-refractivity contribution in [3.05, 3.63) is 76.3 Å². The fraction of sp³-hybridized carbons (Fsp3) is 0.192. The lowest BCUT2D eigenvalue weighted by Crippen LogP contribution is -2.54. The second-order valence-electron chi connectivity index (χ2n) is 8.30. The average Bonchev–Trinajstić information content (AvgIpc) is 3.33. The Kier molecular flexibility index (Phi) is 5.64. The molecule has 0 bridgehead atoms. The van der Waals surface area contributed by atoms with Crippen molar-refractivity contribution in [3.8, 4) is 0 Å². The first-order valence-electron chi connectivity index (χ1n) is 10.9. The molecule has 0 spiro atoms. The molecular formula is C26H22ClN3O2S. The zero-order valence-electron chi connectivity index (χ0n) is 18.1. The van der Waals surface area contributed by atoms with E-state index in [2.05, 4.69) is 22.3 Å². The molecule has 3 aromatic rings. The highest BCUT2D eigenvalue weighted by Crippen LogP contribution is 2.33. The van der Waals surface area contributed by atoms with Crippen LogP contribution in [0.2, 0.25) is 5.02 Å². The second-order valence-corrected chi connectivity index (χ2v) is 9.10. The number of benzene rings is 3. The van der Waals surface area contributed by atoms with Gasteiger partial charge in [-0.25, -0.2) is 0 Å². The number of carbonyl (C=O) groups is 2. The summed E-state index contributed by atoms with van der Waals surface area (Å²) in [5.41, 5.74) is 3.42. The predicted octanol–water partition coefficient (Wildman–Crippen LogP) is 5.23. The Morgan fingerprint density at radius 3 is 2.45 bits per heavy atom. The summed E-state index contributed by atoms with van der Waals surface area (Å²) in [7, 11) is 0. The third kappa shape index (κ3) is 3.90. The van der Waals surface area contributed by atoms with Crippen LogP contribution in [0.4, 0.5) is 11.4 Å². The summed E-state index contributed by atoms with van der Waals surface area (Å²) in [5, 5.41) is 5.31. The first kappa shape index (κ1) is 21.6. The van der Waals surface area contributed by atoms with E-state index in [1.165, 1.54) is 23.4 Å². The van der Waals surface area contributed by atoms with Crippen molar-refractivity contribution in [2.24, 2.45) is 0 Å². The van der Waals surface area contributed by atoms with Crippen LogP contribution in [0.5, 0.6) is 0 Å². The summed E-state index contributed by atoms with van der Waals surface area (Å²) in [5.74, 6) is -0.983. The largest absolute Gasteiger partial charge is 0.371 e. The number of hydrogen-bond donors (Lipinski definition) is 1. The van der Waals surface area contributed by atoms with Gasteiger partial charge >= 0.3 is 0 Å². The SMILES string of the molecule is Cc1ccc(N2C(=O)/C(=C/c3ccc(N4CCCC4)c4ccccc34)C(=O)NC2=S)cc1Cl. The maximum atomic E-state index is 13.4. The van der Waals surface area contributed by atoms with Crippen LogP contribution in [-0.2, 0) is 9.59 Å². The van der Waals surface area contributed by atoms with Gasteiger partial charge in [-0.1, -0.05) is 48.0 Å². The Morgan fingerprint density at radius 1 is 1.00 bits per heavy atom. The van der Waals surface area contributed by atoms with E-state index in [0.717, 1.165) is 35.0 Å². The summed E-state index contributed by atoms with van der Waals surface area (Å²) in [4.78, 5) is 29.9. The number of nitrogens with zero attached hydrogens (tertiary/aromatic N) is 2. The number of aryl methyl sites for hydroxylation is 1. The quantitative estimate of drug-likeness (QED) is 0.320. The van der Waals surface area contributed by atoms with Gasteiger partial charge in [-0.2, -0.15) is 0 Å². The molecule has 5 nitrogen and oxygen atoms in total. The molecular weight excluding hydrogens is 454 g/mol. The second kappa shape index (κ2) is 8.61. The molecule has 2 aliphatic heterocycles. The van der Waals surface area contributed by atoms with Crippen LogP contribution >= 0.6 is 23.8 Å². The third-order valence-corrected chi connectivity index (χ3v) is 6.89. The zero-order chi connectivity index (χ0) is 23.1. The molecule has 5 rings (SSSR count). The normalized spacial score (nSPS) is 17.9. The summed E-state index contributed by atoms with van der Waals surface area (Å²) in [6, 6.07) is 17.4. The number of hydrogen-bond acceptors (Lipinski definition) is 4. The van der Waals surface area contributed by atoms with Crippen LogP contribution < -0.4 is 15.1 Å². The van der Waals surface area contributed by atoms with Gasteiger partial charge < -0.3 is 4.90 Å². The highest BCUT2D eigenvalue weighted by molar-refractivity contribution is 7.80. The van der Waals surface area contributed by atoms with Crippen LogP contribution in [0.25, 0.3) is 16.8 Å². The molecule has 7 heteroatoms. The van der Waals surface area contributed by atoms with Crippen molar-refractivity contribution in [1.82, 2.24) is 5.32 Å². The number of anilines is 2. The van der Waals surface area contributed by atoms with Crippen LogP contribution in [0, 0.1) is 6.92 Å². The molecule has 2 aliphatic rings. The van der Waals surface area contributed by atoms with Gasteiger partial charge in [-0.3, -0.25) is 19.8 Å². The van der Waals surface area contributed by atoms with E-state index >= 15 is 0 Å². The minimum absolute atomic E-state index is 0.0272. The first-order valence-corrected chi connectivity index (χ1v) is 11.7. The molecule has 0 radical (unpaired) electrons. The van der Waals surface area contributed by atoms with E-state index in [1.54, 1.807) is 18.2 Å². The summed E-state index contributed by atoms with van der Waals surface area (Å²) >= 11 is 11.6. The van der Waals surface area contributed by atoms with Crippen molar-refractivity contribution in [3.63, 3.8) is 0 Å². The van der Waals surface area contributed by atoms with Gasteiger partial charge in [0, 0.05) is 29.2 Å². The van der Waals surface area contributed by atoms with E-state index in [9.17, 15) is 9.59 Å². The summed E-state index contributed by atoms with van der Waals surface area (Å²) < 4.78 is 0. The standard InChI is InChI=1S/C26H22ClN3O2S/c1-16-8-10-18(15-22(16)27)30-25(32)21(24(31)28-26(30)33)14-17-9-11-23(29-12-4-5-13-29)20-7-3-2-6-19(17)20/h2-3,6-11,14-15H,4-5,12-13H2,1H3,(H,28,31,33)/b21-14+. The molecule has 33 heavy (non-hydrogen) atoms. The molecule has 2 fully saturated rings. The van der Waals surface area contributed by atoms with Crippen LogP contribution in [0.3, 0.4) is 0 Å². The lowest BCUT2D eigenvalue weighted by atomic mass is 9.99. The molecule has 2 saturated heterocycles. The summed E-state index contributed by atoms with van der Waals surface area (Å²) in [6.07, 6.45) is 4.03. The van der Waals surface area contributed by atoms with E-state index in [4.69, 9.17) is 23.8 Å². The van der Waals surface area contributed by atoms with E-state index in [-0.39, 0.29) is 10.7 Å². The Labute approximate surface area is 202 Å². The molecule has 0 saturated carbocycles. The maximum absolute atomic E-state index is 13.4. The zero-order valence-corrected chi connectivity index (χ0v) is 19.7. The predicted molar refractivity (Wildman–Crippen MR) is 138 cm³/mol. The Morgan fingerprint density at radius 2 is 1.73 bits per heavy atom. The number of fused-ring (bicyclic) bond motifs is 1. The molecule has 2 heterocycles.